The predicted octanol–water partition coefficient (Wildman–Crippen LogP) is 2.70. The summed E-state index contributed by atoms with van der Waals surface area (Å²) in [6.07, 6.45) is -0.891. The van der Waals surface area contributed by atoms with E-state index in [4.69, 9.17) is 18.6 Å². The molecule has 0 saturated carbocycles. The Labute approximate surface area is 117 Å². The Hall–Kier alpha value is -2.14. The van der Waals surface area contributed by atoms with Gasteiger partial charge in [-0.1, -0.05) is 0 Å². The molecular weight excluding hydrogens is 260 g/mol. The van der Waals surface area contributed by atoms with Gasteiger partial charge in [0.15, 0.2) is 11.5 Å². The first kappa shape index (κ1) is 14.3. The number of ether oxygens (including phenoxy) is 3. The monoisotopic (exact) mass is 278 g/mol. The van der Waals surface area contributed by atoms with E-state index in [9.17, 15) is 5.11 Å². The van der Waals surface area contributed by atoms with E-state index in [0.29, 0.717) is 28.6 Å². The van der Waals surface area contributed by atoms with Gasteiger partial charge < -0.3 is 23.7 Å². The highest BCUT2D eigenvalue weighted by Gasteiger charge is 2.20. The number of aryl methyl sites for hydroxylation is 1. The summed E-state index contributed by atoms with van der Waals surface area (Å²) < 4.78 is 21.2. The molecule has 1 unspecified atom stereocenters. The zero-order valence-corrected chi connectivity index (χ0v) is 12.0. The maximum Gasteiger partial charge on any atom is 0.203 e. The molecule has 0 aliphatic rings. The van der Waals surface area contributed by atoms with Crippen molar-refractivity contribution < 1.29 is 23.7 Å². The number of methoxy groups -OCH3 is 3. The summed E-state index contributed by atoms with van der Waals surface area (Å²) in [6.45, 7) is 1.82. The second kappa shape index (κ2) is 5.88. The highest BCUT2D eigenvalue weighted by molar-refractivity contribution is 5.54. The van der Waals surface area contributed by atoms with Crippen molar-refractivity contribution in [1.29, 1.82) is 0 Å². The van der Waals surface area contributed by atoms with Crippen molar-refractivity contribution in [2.24, 2.45) is 0 Å². The van der Waals surface area contributed by atoms with E-state index in [-0.39, 0.29) is 0 Å². The lowest BCUT2D eigenvalue weighted by Gasteiger charge is -2.16. The van der Waals surface area contributed by atoms with Crippen molar-refractivity contribution in [3.8, 4) is 17.2 Å². The molecule has 0 aliphatic heterocycles. The van der Waals surface area contributed by atoms with Crippen LogP contribution in [-0.2, 0) is 0 Å². The van der Waals surface area contributed by atoms with Crippen LogP contribution in [0.4, 0.5) is 0 Å². The molecule has 2 aromatic rings. The SMILES string of the molecule is COc1cc(C(O)c2ccc(C)o2)cc(OC)c1OC. The predicted molar refractivity (Wildman–Crippen MR) is 73.6 cm³/mol. The minimum absolute atomic E-state index is 0.469. The Morgan fingerprint density at radius 3 is 2.00 bits per heavy atom. The molecule has 0 aliphatic carbocycles. The molecule has 20 heavy (non-hydrogen) atoms. The number of aliphatic hydroxyl groups excluding tert-OH is 1. The van der Waals surface area contributed by atoms with E-state index in [2.05, 4.69) is 0 Å². The van der Waals surface area contributed by atoms with Crippen molar-refractivity contribution in [3.05, 3.63) is 41.3 Å². The van der Waals surface area contributed by atoms with Gasteiger partial charge in [0.1, 0.15) is 17.6 Å². The molecular formula is C15H18O5. The maximum absolute atomic E-state index is 10.4. The second-order valence-electron chi connectivity index (χ2n) is 4.31. The topological polar surface area (TPSA) is 61.1 Å². The first-order chi connectivity index (χ1) is 9.60. The highest BCUT2D eigenvalue weighted by Crippen LogP contribution is 2.40. The summed E-state index contributed by atoms with van der Waals surface area (Å²) in [5.74, 6) is 2.68. The average Bonchev–Trinajstić information content (AvgIpc) is 2.91. The molecule has 5 nitrogen and oxygen atoms in total. The number of furan rings is 1. The molecule has 5 heteroatoms. The molecule has 0 amide bonds. The quantitative estimate of drug-likeness (QED) is 0.911. The minimum atomic E-state index is -0.891. The molecule has 0 bridgehead atoms. The van der Waals surface area contributed by atoms with Gasteiger partial charge in [-0.05, 0) is 36.8 Å². The Morgan fingerprint density at radius 1 is 1.00 bits per heavy atom. The van der Waals surface area contributed by atoms with Crippen LogP contribution in [0.2, 0.25) is 0 Å². The van der Waals surface area contributed by atoms with Gasteiger partial charge in [-0.15, -0.1) is 0 Å². The Balaban J connectivity index is 2.46. The van der Waals surface area contributed by atoms with Crippen LogP contribution < -0.4 is 14.2 Å². The van der Waals surface area contributed by atoms with Crippen molar-refractivity contribution >= 4 is 0 Å². The fraction of sp³-hybridized carbons (Fsp3) is 0.333. The molecule has 1 N–H and O–H groups in total. The Kier molecular flexibility index (Phi) is 4.20. The first-order valence-corrected chi connectivity index (χ1v) is 6.15. The van der Waals surface area contributed by atoms with Crippen LogP contribution in [0.5, 0.6) is 17.2 Å². The molecule has 0 saturated heterocycles. The lowest BCUT2D eigenvalue weighted by Crippen LogP contribution is -2.02. The molecule has 0 radical (unpaired) electrons. The average molecular weight is 278 g/mol. The lowest BCUT2D eigenvalue weighted by molar-refractivity contribution is 0.186. The third kappa shape index (κ3) is 2.58. The molecule has 1 aromatic heterocycles. The van der Waals surface area contributed by atoms with Crippen molar-refractivity contribution in [2.75, 3.05) is 21.3 Å². The second-order valence-corrected chi connectivity index (χ2v) is 4.31. The summed E-state index contributed by atoms with van der Waals surface area (Å²) >= 11 is 0. The van der Waals surface area contributed by atoms with Gasteiger partial charge in [0.2, 0.25) is 5.75 Å². The van der Waals surface area contributed by atoms with Gasteiger partial charge in [0, 0.05) is 0 Å². The Bertz CT molecular complexity index is 563. The van der Waals surface area contributed by atoms with Crippen LogP contribution in [0.25, 0.3) is 0 Å². The van der Waals surface area contributed by atoms with Crippen molar-refractivity contribution in [1.82, 2.24) is 0 Å². The van der Waals surface area contributed by atoms with Gasteiger partial charge in [-0.3, -0.25) is 0 Å². The number of benzene rings is 1. The summed E-state index contributed by atoms with van der Waals surface area (Å²) in [5.41, 5.74) is 0.605. The zero-order valence-electron chi connectivity index (χ0n) is 12.0. The molecule has 0 spiro atoms. The van der Waals surface area contributed by atoms with Gasteiger partial charge in [-0.2, -0.15) is 0 Å². The summed E-state index contributed by atoms with van der Waals surface area (Å²) in [4.78, 5) is 0. The highest BCUT2D eigenvalue weighted by atomic mass is 16.5. The first-order valence-electron chi connectivity index (χ1n) is 6.15. The third-order valence-corrected chi connectivity index (χ3v) is 3.03. The molecule has 1 heterocycles. The molecule has 2 rings (SSSR count). The Morgan fingerprint density at radius 2 is 1.60 bits per heavy atom. The molecule has 1 atom stereocenters. The molecule has 0 fully saturated rings. The van der Waals surface area contributed by atoms with Crippen molar-refractivity contribution in [3.63, 3.8) is 0 Å². The fourth-order valence-corrected chi connectivity index (χ4v) is 2.02. The summed E-state index contributed by atoms with van der Waals surface area (Å²) in [6, 6.07) is 6.94. The van der Waals surface area contributed by atoms with Crippen LogP contribution in [-0.4, -0.2) is 26.4 Å². The normalized spacial score (nSPS) is 12.1. The molecule has 108 valence electrons. The van der Waals surface area contributed by atoms with Crippen LogP contribution in [0.3, 0.4) is 0 Å². The van der Waals surface area contributed by atoms with Crippen LogP contribution >= 0.6 is 0 Å². The van der Waals surface area contributed by atoms with E-state index in [0.717, 1.165) is 5.76 Å². The third-order valence-electron chi connectivity index (χ3n) is 3.03. The van der Waals surface area contributed by atoms with E-state index in [1.165, 1.54) is 21.3 Å². The van der Waals surface area contributed by atoms with Crippen LogP contribution in [0.1, 0.15) is 23.2 Å². The largest absolute Gasteiger partial charge is 0.493 e. The number of aliphatic hydroxyl groups is 1. The number of rotatable bonds is 5. The standard InChI is InChI=1S/C15H18O5/c1-9-5-6-11(20-9)14(16)10-7-12(17-2)15(19-4)13(8-10)18-3/h5-8,14,16H,1-4H3. The lowest BCUT2D eigenvalue weighted by atomic mass is 10.1. The van der Waals surface area contributed by atoms with Gasteiger partial charge in [-0.25, -0.2) is 0 Å². The van der Waals surface area contributed by atoms with Gasteiger partial charge in [0.25, 0.3) is 0 Å². The maximum atomic E-state index is 10.4. The number of hydrogen-bond donors (Lipinski definition) is 1. The van der Waals surface area contributed by atoms with Gasteiger partial charge in [0.05, 0.1) is 21.3 Å². The van der Waals surface area contributed by atoms with E-state index < -0.39 is 6.10 Å². The fourth-order valence-electron chi connectivity index (χ4n) is 2.02. The smallest absolute Gasteiger partial charge is 0.203 e. The van der Waals surface area contributed by atoms with Crippen LogP contribution in [0, 0.1) is 6.92 Å². The van der Waals surface area contributed by atoms with E-state index >= 15 is 0 Å². The summed E-state index contributed by atoms with van der Waals surface area (Å²) in [5, 5.41) is 10.4. The van der Waals surface area contributed by atoms with E-state index in [1.54, 1.807) is 24.3 Å². The van der Waals surface area contributed by atoms with Crippen LogP contribution in [0.15, 0.2) is 28.7 Å². The van der Waals surface area contributed by atoms with E-state index in [1.807, 2.05) is 6.92 Å². The van der Waals surface area contributed by atoms with Crippen molar-refractivity contribution in [2.45, 2.75) is 13.0 Å². The minimum Gasteiger partial charge on any atom is -0.493 e. The molecule has 1 aromatic carbocycles. The number of hydrogen-bond acceptors (Lipinski definition) is 5. The van der Waals surface area contributed by atoms with Gasteiger partial charge >= 0.3 is 0 Å². The zero-order chi connectivity index (χ0) is 14.7. The summed E-state index contributed by atoms with van der Waals surface area (Å²) in [7, 11) is 4.60.